The summed E-state index contributed by atoms with van der Waals surface area (Å²) in [5.41, 5.74) is -1.72. The van der Waals surface area contributed by atoms with Gasteiger partial charge in [0.05, 0.1) is 42.5 Å². The average Bonchev–Trinajstić information content (AvgIpc) is 3.59. The van der Waals surface area contributed by atoms with E-state index in [1.54, 1.807) is 38.2 Å². The van der Waals surface area contributed by atoms with Crippen LogP contribution in [0.5, 0.6) is 0 Å². The van der Waals surface area contributed by atoms with Gasteiger partial charge in [0, 0.05) is 19.3 Å². The molecule has 2 rings (SSSR count). The zero-order chi connectivity index (χ0) is 29.5. The second-order valence-electron chi connectivity index (χ2n) is 11.9. The molecular weight excluding hydrogens is 502 g/mol. The molecule has 0 bridgehead atoms. The molecule has 0 radical (unpaired) electrons. The molecule has 222 valence electrons. The highest BCUT2D eigenvalue weighted by Crippen LogP contribution is 2.37. The molecule has 0 aromatic rings. The fraction of sp³-hybridized carbons (Fsp3) is 0.733. The first-order chi connectivity index (χ1) is 18.1. The van der Waals surface area contributed by atoms with Gasteiger partial charge in [-0.05, 0) is 52.0 Å². The summed E-state index contributed by atoms with van der Waals surface area (Å²) in [5.74, 6) is -1.07. The molecule has 0 unspecified atom stereocenters. The molecule has 1 saturated heterocycles. The molecule has 0 aromatic heterocycles. The SMILES string of the molecule is CC[C@H](O)[C@@H](C)[C@H]1O[C@@H]1C[C@@](C)(O)C=CC=C(C)[C@H]1NC(=O)C[C@H](O)CC[C@@](C)(O)[C@@H](OC(C)=O)C=C[C@@H]1C. The van der Waals surface area contributed by atoms with Crippen LogP contribution in [0.2, 0.25) is 0 Å². The third kappa shape index (κ3) is 10.5. The van der Waals surface area contributed by atoms with Crippen molar-refractivity contribution in [3.8, 4) is 0 Å². The van der Waals surface area contributed by atoms with Crippen LogP contribution in [0.1, 0.15) is 80.6 Å². The number of aliphatic hydroxyl groups is 4. The van der Waals surface area contributed by atoms with Crippen molar-refractivity contribution in [1.29, 1.82) is 0 Å². The van der Waals surface area contributed by atoms with Gasteiger partial charge >= 0.3 is 5.97 Å². The summed E-state index contributed by atoms with van der Waals surface area (Å²) in [6, 6.07) is -0.439. The smallest absolute Gasteiger partial charge is 0.303 e. The zero-order valence-electron chi connectivity index (χ0n) is 24.5. The molecule has 9 nitrogen and oxygen atoms in total. The maximum Gasteiger partial charge on any atom is 0.303 e. The van der Waals surface area contributed by atoms with E-state index in [0.29, 0.717) is 12.8 Å². The van der Waals surface area contributed by atoms with Crippen LogP contribution < -0.4 is 5.32 Å². The zero-order valence-corrected chi connectivity index (χ0v) is 24.5. The first kappa shape index (κ1) is 33.2. The van der Waals surface area contributed by atoms with Gasteiger partial charge in [-0.2, -0.15) is 0 Å². The van der Waals surface area contributed by atoms with E-state index < -0.39 is 41.5 Å². The van der Waals surface area contributed by atoms with Crippen LogP contribution >= 0.6 is 0 Å². The summed E-state index contributed by atoms with van der Waals surface area (Å²) < 4.78 is 11.1. The Bertz CT molecular complexity index is 924. The first-order valence-corrected chi connectivity index (χ1v) is 14.0. The highest BCUT2D eigenvalue weighted by atomic mass is 16.6. The molecule has 9 heteroatoms. The van der Waals surface area contributed by atoms with Crippen LogP contribution in [0.25, 0.3) is 0 Å². The molecule has 1 amide bonds. The number of aliphatic hydroxyl groups excluding tert-OH is 2. The van der Waals surface area contributed by atoms with Crippen LogP contribution in [-0.2, 0) is 19.1 Å². The van der Waals surface area contributed by atoms with E-state index >= 15 is 0 Å². The standard InChI is InChI=1S/C30H49NO8/c1-8-23(34)20(4)28-24(39-28)17-29(6,36)14-9-10-18(2)27-19(3)11-12-25(38-21(5)32)30(7,37)15-13-22(33)16-26(35)31-27/h9-12,14,19-20,22-25,27-28,33-34,36-37H,8,13,15-17H2,1-7H3,(H,31,35)/t19-,20+,22+,23-,24+,25-,27+,28+,29-,30+/m0/s1. The lowest BCUT2D eigenvalue weighted by Gasteiger charge is -2.32. The van der Waals surface area contributed by atoms with Crippen molar-refractivity contribution in [3.63, 3.8) is 0 Å². The van der Waals surface area contributed by atoms with Crippen LogP contribution in [0.15, 0.2) is 36.0 Å². The van der Waals surface area contributed by atoms with E-state index in [9.17, 15) is 30.0 Å². The maximum atomic E-state index is 12.7. The van der Waals surface area contributed by atoms with Crippen molar-refractivity contribution < 1.29 is 39.5 Å². The number of carbonyl (C=O) groups is 2. The number of hydrogen-bond donors (Lipinski definition) is 5. The predicted octanol–water partition coefficient (Wildman–Crippen LogP) is 2.71. The van der Waals surface area contributed by atoms with Gasteiger partial charge in [0.1, 0.15) is 11.7 Å². The molecule has 0 aliphatic carbocycles. The first-order valence-electron chi connectivity index (χ1n) is 14.0. The van der Waals surface area contributed by atoms with E-state index in [4.69, 9.17) is 9.47 Å². The Kier molecular flexibility index (Phi) is 11.9. The Labute approximate surface area is 233 Å². The van der Waals surface area contributed by atoms with Crippen molar-refractivity contribution in [2.24, 2.45) is 11.8 Å². The normalized spacial score (nSPS) is 35.8. The minimum atomic E-state index is -1.41. The number of nitrogens with one attached hydrogen (secondary N) is 1. The number of allylic oxidation sites excluding steroid dienone is 2. The van der Waals surface area contributed by atoms with Crippen molar-refractivity contribution in [2.75, 3.05) is 0 Å². The largest absolute Gasteiger partial charge is 0.455 e. The van der Waals surface area contributed by atoms with Gasteiger partial charge in [-0.25, -0.2) is 0 Å². The molecule has 39 heavy (non-hydrogen) atoms. The van der Waals surface area contributed by atoms with E-state index in [0.717, 1.165) is 5.57 Å². The molecule has 0 aromatic carbocycles. The Morgan fingerprint density at radius 1 is 1.36 bits per heavy atom. The molecule has 2 heterocycles. The van der Waals surface area contributed by atoms with Crippen molar-refractivity contribution in [3.05, 3.63) is 36.0 Å². The van der Waals surface area contributed by atoms with Crippen molar-refractivity contribution in [2.45, 2.75) is 128 Å². The minimum absolute atomic E-state index is 0.00355. The molecule has 2 aliphatic rings. The summed E-state index contributed by atoms with van der Waals surface area (Å²) in [6.07, 6.45) is 7.47. The second-order valence-corrected chi connectivity index (χ2v) is 11.9. The van der Waals surface area contributed by atoms with Gasteiger partial charge in [-0.1, -0.05) is 50.6 Å². The number of rotatable bonds is 9. The van der Waals surface area contributed by atoms with Crippen LogP contribution in [0.3, 0.4) is 0 Å². The number of amides is 1. The average molecular weight is 552 g/mol. The summed E-state index contributed by atoms with van der Waals surface area (Å²) >= 11 is 0. The van der Waals surface area contributed by atoms with E-state index in [1.807, 2.05) is 33.8 Å². The lowest BCUT2D eigenvalue weighted by atomic mass is 9.87. The lowest BCUT2D eigenvalue weighted by Crippen LogP contribution is -2.44. The summed E-state index contributed by atoms with van der Waals surface area (Å²) in [7, 11) is 0. The van der Waals surface area contributed by atoms with Gasteiger partial charge in [-0.15, -0.1) is 0 Å². The quantitative estimate of drug-likeness (QED) is 0.127. The van der Waals surface area contributed by atoms with E-state index in [-0.39, 0.29) is 49.2 Å². The fourth-order valence-electron chi connectivity index (χ4n) is 5.11. The molecule has 0 spiro atoms. The summed E-state index contributed by atoms with van der Waals surface area (Å²) in [5, 5.41) is 45.3. The Hall–Kier alpha value is -2.04. The fourth-order valence-corrected chi connectivity index (χ4v) is 5.11. The number of hydrogen-bond acceptors (Lipinski definition) is 8. The van der Waals surface area contributed by atoms with E-state index in [1.165, 1.54) is 6.92 Å². The topological polar surface area (TPSA) is 149 Å². The number of ether oxygens (including phenoxy) is 2. The summed E-state index contributed by atoms with van der Waals surface area (Å²) in [4.78, 5) is 24.4. The Morgan fingerprint density at radius 2 is 2.03 bits per heavy atom. The highest BCUT2D eigenvalue weighted by Gasteiger charge is 2.47. The van der Waals surface area contributed by atoms with Gasteiger partial charge in [-0.3, -0.25) is 9.59 Å². The van der Waals surface area contributed by atoms with Gasteiger partial charge in [0.15, 0.2) is 0 Å². The lowest BCUT2D eigenvalue weighted by molar-refractivity contribution is -0.156. The number of epoxide rings is 1. The molecule has 1 fully saturated rings. The van der Waals surface area contributed by atoms with Crippen LogP contribution in [0, 0.1) is 11.8 Å². The summed E-state index contributed by atoms with van der Waals surface area (Å²) in [6.45, 7) is 12.2. The third-order valence-corrected chi connectivity index (χ3v) is 7.83. The molecular formula is C30H49NO8. The van der Waals surface area contributed by atoms with Crippen LogP contribution in [-0.4, -0.2) is 80.1 Å². The maximum absolute atomic E-state index is 12.7. The van der Waals surface area contributed by atoms with E-state index in [2.05, 4.69) is 5.32 Å². The molecule has 5 N–H and O–H groups in total. The van der Waals surface area contributed by atoms with Crippen LogP contribution in [0.4, 0.5) is 0 Å². The Morgan fingerprint density at radius 3 is 2.64 bits per heavy atom. The predicted molar refractivity (Wildman–Crippen MR) is 149 cm³/mol. The van der Waals surface area contributed by atoms with Crippen molar-refractivity contribution in [1.82, 2.24) is 5.32 Å². The third-order valence-electron chi connectivity index (χ3n) is 7.83. The molecule has 2 aliphatic heterocycles. The van der Waals surface area contributed by atoms with Crippen molar-refractivity contribution >= 4 is 11.9 Å². The Balaban J connectivity index is 2.18. The highest BCUT2D eigenvalue weighted by molar-refractivity contribution is 5.77. The van der Waals surface area contributed by atoms with Gasteiger partial charge < -0.3 is 35.2 Å². The molecule has 10 atom stereocenters. The number of esters is 1. The minimum Gasteiger partial charge on any atom is -0.455 e. The van der Waals surface area contributed by atoms with Gasteiger partial charge in [0.2, 0.25) is 5.91 Å². The van der Waals surface area contributed by atoms with Gasteiger partial charge in [0.25, 0.3) is 0 Å². The number of carbonyl (C=O) groups excluding carboxylic acids is 2. The molecule has 0 saturated carbocycles. The monoisotopic (exact) mass is 551 g/mol. The second kappa shape index (κ2) is 14.0.